The van der Waals surface area contributed by atoms with E-state index in [-0.39, 0.29) is 23.7 Å². The number of aryl methyl sites for hydroxylation is 1. The van der Waals surface area contributed by atoms with Crippen LogP contribution in [0.3, 0.4) is 0 Å². The van der Waals surface area contributed by atoms with Crippen molar-refractivity contribution in [1.82, 2.24) is 20.4 Å². The maximum absolute atomic E-state index is 12.8. The third kappa shape index (κ3) is 5.33. The largest absolute Gasteiger partial charge is 0.352 e. The van der Waals surface area contributed by atoms with Gasteiger partial charge in [-0.25, -0.2) is 4.68 Å². The Labute approximate surface area is 168 Å². The van der Waals surface area contributed by atoms with E-state index in [4.69, 9.17) is 5.10 Å². The van der Waals surface area contributed by atoms with Gasteiger partial charge in [0.05, 0.1) is 16.9 Å². The maximum atomic E-state index is 12.8. The van der Waals surface area contributed by atoms with Gasteiger partial charge < -0.3 is 10.6 Å². The molecule has 148 valence electrons. The third-order valence-electron chi connectivity index (χ3n) is 4.97. The lowest BCUT2D eigenvalue weighted by Crippen LogP contribution is -2.28. The minimum atomic E-state index is -0.196. The molecule has 1 amide bonds. The molecule has 1 fully saturated rings. The molecule has 1 aromatic heterocycles. The number of amides is 1. The van der Waals surface area contributed by atoms with Crippen LogP contribution in [0.5, 0.6) is 0 Å². The van der Waals surface area contributed by atoms with Gasteiger partial charge in [-0.15, -0.1) is 12.4 Å². The second kappa shape index (κ2) is 8.89. The van der Waals surface area contributed by atoms with Gasteiger partial charge in [0.1, 0.15) is 0 Å². The first-order valence-corrected chi connectivity index (χ1v) is 9.50. The normalized spacial score (nSPS) is 16.8. The summed E-state index contributed by atoms with van der Waals surface area (Å²) in [4.78, 5) is 12.8. The number of carbonyl (C=O) groups excluding carboxylic acids is 1. The molecule has 0 radical (unpaired) electrons. The van der Waals surface area contributed by atoms with Crippen LogP contribution in [0.25, 0.3) is 5.69 Å². The first-order valence-electron chi connectivity index (χ1n) is 9.50. The number of nitrogens with zero attached hydrogens (tertiary/aromatic N) is 2. The van der Waals surface area contributed by atoms with E-state index < -0.39 is 0 Å². The number of hydrogen-bond donors (Lipinski definition) is 2. The number of nitrogens with one attached hydrogen (secondary N) is 2. The summed E-state index contributed by atoms with van der Waals surface area (Å²) in [5.41, 5.74) is 3.48. The highest BCUT2D eigenvalue weighted by molar-refractivity contribution is 5.95. The Morgan fingerprint density at radius 3 is 2.59 bits per heavy atom. The van der Waals surface area contributed by atoms with Crippen molar-refractivity contribution in [2.45, 2.75) is 46.0 Å². The van der Waals surface area contributed by atoms with Crippen molar-refractivity contribution in [2.75, 3.05) is 19.6 Å². The Hall–Kier alpha value is -1.85. The predicted molar refractivity (Wildman–Crippen MR) is 112 cm³/mol. The highest BCUT2D eigenvalue weighted by Crippen LogP contribution is 2.26. The zero-order chi connectivity index (χ0) is 18.7. The molecule has 3 rings (SSSR count). The average molecular weight is 391 g/mol. The molecule has 2 N–H and O–H groups in total. The number of hydrogen-bond acceptors (Lipinski definition) is 3. The summed E-state index contributed by atoms with van der Waals surface area (Å²) in [7, 11) is 0. The molecule has 0 aliphatic carbocycles. The minimum Gasteiger partial charge on any atom is -0.352 e. The molecule has 1 atom stereocenters. The number of rotatable bonds is 5. The molecule has 0 spiro atoms. The Kier molecular flexibility index (Phi) is 7.06. The van der Waals surface area contributed by atoms with E-state index >= 15 is 0 Å². The molecular formula is C21H31ClN4O. The van der Waals surface area contributed by atoms with Gasteiger partial charge in [-0.05, 0) is 50.9 Å². The number of benzene rings is 1. The Bertz CT molecular complexity index is 755. The number of aromatic nitrogens is 2. The molecule has 5 nitrogen and oxygen atoms in total. The van der Waals surface area contributed by atoms with Crippen LogP contribution in [0, 0.1) is 12.8 Å². The van der Waals surface area contributed by atoms with Crippen LogP contribution in [0.15, 0.2) is 30.5 Å². The van der Waals surface area contributed by atoms with Crippen molar-refractivity contribution in [1.29, 1.82) is 0 Å². The minimum absolute atomic E-state index is 0. The van der Waals surface area contributed by atoms with Crippen LogP contribution in [0.2, 0.25) is 0 Å². The lowest BCUT2D eigenvalue weighted by Gasteiger charge is -2.17. The quantitative estimate of drug-likeness (QED) is 0.819. The maximum Gasteiger partial charge on any atom is 0.254 e. The van der Waals surface area contributed by atoms with Crippen LogP contribution >= 0.6 is 12.4 Å². The molecule has 1 aliphatic rings. The van der Waals surface area contributed by atoms with Gasteiger partial charge in [-0.3, -0.25) is 4.79 Å². The smallest absolute Gasteiger partial charge is 0.254 e. The van der Waals surface area contributed by atoms with Gasteiger partial charge in [0.25, 0.3) is 5.91 Å². The van der Waals surface area contributed by atoms with Crippen LogP contribution in [0.4, 0.5) is 0 Å². The second-order valence-electron chi connectivity index (χ2n) is 8.32. The van der Waals surface area contributed by atoms with E-state index in [0.717, 1.165) is 30.9 Å². The van der Waals surface area contributed by atoms with Crippen molar-refractivity contribution in [2.24, 2.45) is 5.92 Å². The molecular weight excluding hydrogens is 360 g/mol. The summed E-state index contributed by atoms with van der Waals surface area (Å²) in [6.07, 6.45) is 4.09. The van der Waals surface area contributed by atoms with Crippen molar-refractivity contribution in [3.63, 3.8) is 0 Å². The fourth-order valence-electron chi connectivity index (χ4n) is 3.37. The summed E-state index contributed by atoms with van der Waals surface area (Å²) < 4.78 is 1.82. The SMILES string of the molecule is Cc1ccc(-n2cc(C(=O)NCCC3CCNC3)c(C(C)(C)C)n2)cc1.Cl. The fourth-order valence-corrected chi connectivity index (χ4v) is 3.37. The fraction of sp³-hybridized carbons (Fsp3) is 0.524. The van der Waals surface area contributed by atoms with Crippen LogP contribution < -0.4 is 10.6 Å². The summed E-state index contributed by atoms with van der Waals surface area (Å²) in [6.45, 7) is 11.2. The summed E-state index contributed by atoms with van der Waals surface area (Å²) >= 11 is 0. The third-order valence-corrected chi connectivity index (χ3v) is 4.97. The molecule has 1 aliphatic heterocycles. The van der Waals surface area contributed by atoms with E-state index in [9.17, 15) is 4.79 Å². The van der Waals surface area contributed by atoms with Gasteiger partial charge in [0, 0.05) is 18.2 Å². The number of halogens is 1. The molecule has 1 aromatic carbocycles. The molecule has 1 unspecified atom stereocenters. The zero-order valence-electron chi connectivity index (χ0n) is 16.7. The van der Waals surface area contributed by atoms with E-state index in [1.807, 2.05) is 23.0 Å². The van der Waals surface area contributed by atoms with Gasteiger partial charge in [0.15, 0.2) is 0 Å². The van der Waals surface area contributed by atoms with E-state index in [2.05, 4.69) is 50.5 Å². The van der Waals surface area contributed by atoms with Crippen molar-refractivity contribution < 1.29 is 4.79 Å². The van der Waals surface area contributed by atoms with Crippen LogP contribution in [0.1, 0.15) is 55.2 Å². The standard InChI is InChI=1S/C21H30N4O.ClH/c1-15-5-7-17(8-6-15)25-14-18(19(24-25)21(2,3)4)20(26)23-12-10-16-9-11-22-13-16;/h5-8,14,16,22H,9-13H2,1-4H3,(H,23,26);1H. The van der Waals surface area contributed by atoms with Crippen LogP contribution in [-0.2, 0) is 5.41 Å². The molecule has 1 saturated heterocycles. The first kappa shape index (κ1) is 21.5. The highest BCUT2D eigenvalue weighted by atomic mass is 35.5. The van der Waals surface area contributed by atoms with Gasteiger partial charge in [0.2, 0.25) is 0 Å². The molecule has 0 saturated carbocycles. The van der Waals surface area contributed by atoms with E-state index in [1.54, 1.807) is 0 Å². The van der Waals surface area contributed by atoms with Gasteiger partial charge >= 0.3 is 0 Å². The molecule has 27 heavy (non-hydrogen) atoms. The first-order chi connectivity index (χ1) is 12.3. The topological polar surface area (TPSA) is 59.0 Å². The van der Waals surface area contributed by atoms with Crippen LogP contribution in [-0.4, -0.2) is 35.3 Å². The molecule has 2 heterocycles. The summed E-state index contributed by atoms with van der Waals surface area (Å²) in [5, 5.41) is 11.2. The summed E-state index contributed by atoms with van der Waals surface area (Å²) in [5.74, 6) is 0.645. The predicted octanol–water partition coefficient (Wildman–Crippen LogP) is 3.63. The average Bonchev–Trinajstić information content (AvgIpc) is 3.24. The Morgan fingerprint density at radius 2 is 2.00 bits per heavy atom. The Balaban J connectivity index is 0.00000261. The van der Waals surface area contributed by atoms with E-state index in [1.165, 1.54) is 12.0 Å². The molecule has 2 aromatic rings. The van der Waals surface area contributed by atoms with Crippen molar-refractivity contribution >= 4 is 18.3 Å². The van der Waals surface area contributed by atoms with E-state index in [0.29, 0.717) is 18.0 Å². The highest BCUT2D eigenvalue weighted by Gasteiger charge is 2.26. The molecule has 6 heteroatoms. The lowest BCUT2D eigenvalue weighted by molar-refractivity contribution is 0.0949. The molecule has 0 bridgehead atoms. The lowest BCUT2D eigenvalue weighted by atomic mass is 9.89. The van der Waals surface area contributed by atoms with Gasteiger partial charge in [-0.1, -0.05) is 38.5 Å². The van der Waals surface area contributed by atoms with Gasteiger partial charge in [-0.2, -0.15) is 5.10 Å². The Morgan fingerprint density at radius 1 is 1.30 bits per heavy atom. The van der Waals surface area contributed by atoms with Crippen molar-refractivity contribution in [3.05, 3.63) is 47.3 Å². The summed E-state index contributed by atoms with van der Waals surface area (Å²) in [6, 6.07) is 8.18. The zero-order valence-corrected chi connectivity index (χ0v) is 17.5. The second-order valence-corrected chi connectivity index (χ2v) is 8.32. The van der Waals surface area contributed by atoms with Crippen molar-refractivity contribution in [3.8, 4) is 5.69 Å². The monoisotopic (exact) mass is 390 g/mol. The number of carbonyl (C=O) groups is 1.